The predicted octanol–water partition coefficient (Wildman–Crippen LogP) is 2.71. The highest BCUT2D eigenvalue weighted by Crippen LogP contribution is 2.32. The number of ether oxygens (including phenoxy) is 2. The Labute approximate surface area is 139 Å². The molecular weight excluding hydrogens is 313 g/mol. The molecule has 5 nitrogen and oxygen atoms in total. The van der Waals surface area contributed by atoms with Gasteiger partial charge in [0.1, 0.15) is 30.2 Å². The molecule has 1 unspecified atom stereocenters. The summed E-state index contributed by atoms with van der Waals surface area (Å²) in [6, 6.07) is 9.70. The highest BCUT2D eigenvalue weighted by atomic mass is 19.1. The van der Waals surface area contributed by atoms with Crippen molar-refractivity contribution in [3.8, 4) is 11.5 Å². The maximum Gasteiger partial charge on any atom is 0.256 e. The van der Waals surface area contributed by atoms with Crippen molar-refractivity contribution in [2.75, 3.05) is 7.11 Å². The molecule has 1 aliphatic rings. The van der Waals surface area contributed by atoms with Crippen LogP contribution in [-0.4, -0.2) is 29.3 Å². The lowest BCUT2D eigenvalue weighted by Gasteiger charge is -2.18. The monoisotopic (exact) mass is 331 g/mol. The first-order valence-electron chi connectivity index (χ1n) is 7.57. The van der Waals surface area contributed by atoms with Crippen LogP contribution in [0.5, 0.6) is 11.5 Å². The van der Waals surface area contributed by atoms with E-state index in [0.29, 0.717) is 28.2 Å². The minimum atomic E-state index is -0.878. The molecule has 2 aromatic rings. The van der Waals surface area contributed by atoms with Crippen molar-refractivity contribution >= 4 is 5.91 Å². The van der Waals surface area contributed by atoms with Crippen LogP contribution in [0.1, 0.15) is 28.4 Å². The first-order chi connectivity index (χ1) is 11.5. The number of nitrogens with zero attached hydrogens (tertiary/aromatic N) is 1. The molecule has 1 atom stereocenters. The van der Waals surface area contributed by atoms with Crippen LogP contribution in [0, 0.1) is 5.82 Å². The van der Waals surface area contributed by atoms with Gasteiger partial charge in [-0.3, -0.25) is 4.79 Å². The van der Waals surface area contributed by atoms with Gasteiger partial charge in [-0.2, -0.15) is 0 Å². The second kappa shape index (κ2) is 6.49. The number of hydrogen-bond donors (Lipinski definition) is 1. The largest absolute Gasteiger partial charge is 0.497 e. The molecule has 1 heterocycles. The number of amides is 1. The number of aliphatic hydroxyl groups excluding tert-OH is 1. The standard InChI is InChI=1S/C18H18FNO4/c1-11(21)20-9-15-14(18(20)22)4-3-5-17(15)24-10-12-6-7-13(23-2)8-16(12)19/h3-8,11,21H,9-10H2,1-2H3. The maximum atomic E-state index is 14.0. The van der Waals surface area contributed by atoms with Gasteiger partial charge in [0.15, 0.2) is 0 Å². The van der Waals surface area contributed by atoms with E-state index in [4.69, 9.17) is 9.47 Å². The number of rotatable bonds is 5. The van der Waals surface area contributed by atoms with Gasteiger partial charge in [0.2, 0.25) is 0 Å². The zero-order valence-corrected chi connectivity index (χ0v) is 13.5. The van der Waals surface area contributed by atoms with E-state index in [1.807, 2.05) is 0 Å². The normalized spacial score (nSPS) is 14.5. The molecular formula is C18H18FNO4. The summed E-state index contributed by atoms with van der Waals surface area (Å²) in [5, 5.41) is 9.68. The highest BCUT2D eigenvalue weighted by molar-refractivity contribution is 5.99. The van der Waals surface area contributed by atoms with Crippen LogP contribution in [0.15, 0.2) is 36.4 Å². The Morgan fingerprint density at radius 3 is 2.79 bits per heavy atom. The molecule has 0 spiro atoms. The second-order valence-corrected chi connectivity index (χ2v) is 5.59. The fraction of sp³-hybridized carbons (Fsp3) is 0.278. The lowest BCUT2D eigenvalue weighted by molar-refractivity contribution is 0.0191. The fourth-order valence-electron chi connectivity index (χ4n) is 2.69. The minimum Gasteiger partial charge on any atom is -0.497 e. The van der Waals surface area contributed by atoms with Crippen LogP contribution in [0.25, 0.3) is 0 Å². The highest BCUT2D eigenvalue weighted by Gasteiger charge is 2.32. The van der Waals surface area contributed by atoms with Crippen molar-refractivity contribution in [3.05, 3.63) is 58.9 Å². The van der Waals surface area contributed by atoms with Crippen LogP contribution < -0.4 is 9.47 Å². The summed E-state index contributed by atoms with van der Waals surface area (Å²) in [6.45, 7) is 1.85. The van der Waals surface area contributed by atoms with E-state index in [9.17, 15) is 14.3 Å². The van der Waals surface area contributed by atoms with Gasteiger partial charge in [-0.1, -0.05) is 6.07 Å². The summed E-state index contributed by atoms with van der Waals surface area (Å²) in [7, 11) is 1.48. The Morgan fingerprint density at radius 1 is 1.33 bits per heavy atom. The molecule has 3 rings (SSSR count). The Hall–Kier alpha value is -2.60. The van der Waals surface area contributed by atoms with Crippen molar-refractivity contribution in [1.82, 2.24) is 4.90 Å². The number of carbonyl (C=O) groups is 1. The average Bonchev–Trinajstić information content (AvgIpc) is 2.91. The number of carbonyl (C=O) groups excluding carboxylic acids is 1. The Balaban J connectivity index is 1.80. The quantitative estimate of drug-likeness (QED) is 0.915. The first-order valence-corrected chi connectivity index (χ1v) is 7.57. The summed E-state index contributed by atoms with van der Waals surface area (Å²) < 4.78 is 24.7. The molecule has 0 saturated carbocycles. The zero-order chi connectivity index (χ0) is 17.3. The summed E-state index contributed by atoms with van der Waals surface area (Å²) in [6.07, 6.45) is -0.878. The van der Waals surface area contributed by atoms with E-state index in [1.165, 1.54) is 25.0 Å². The van der Waals surface area contributed by atoms with Gasteiger partial charge < -0.3 is 19.5 Å². The average molecular weight is 331 g/mol. The number of benzene rings is 2. The van der Waals surface area contributed by atoms with Crippen LogP contribution in [0.4, 0.5) is 4.39 Å². The van der Waals surface area contributed by atoms with Crippen LogP contribution in [0.2, 0.25) is 0 Å². The predicted molar refractivity (Wildman–Crippen MR) is 85.3 cm³/mol. The molecule has 2 aromatic carbocycles. The fourth-order valence-corrected chi connectivity index (χ4v) is 2.69. The summed E-state index contributed by atoms with van der Waals surface area (Å²) in [5.41, 5.74) is 1.60. The lowest BCUT2D eigenvalue weighted by Crippen LogP contribution is -2.32. The van der Waals surface area contributed by atoms with E-state index in [0.717, 1.165) is 0 Å². The lowest BCUT2D eigenvalue weighted by atomic mass is 10.1. The van der Waals surface area contributed by atoms with Crippen molar-refractivity contribution in [2.24, 2.45) is 0 Å². The van der Waals surface area contributed by atoms with Gasteiger partial charge in [0, 0.05) is 22.8 Å². The Kier molecular flexibility index (Phi) is 4.40. The van der Waals surface area contributed by atoms with E-state index >= 15 is 0 Å². The number of halogens is 1. The maximum absolute atomic E-state index is 14.0. The second-order valence-electron chi connectivity index (χ2n) is 5.59. The Morgan fingerprint density at radius 2 is 2.12 bits per heavy atom. The third-order valence-electron chi connectivity index (χ3n) is 4.05. The van der Waals surface area contributed by atoms with E-state index in [1.54, 1.807) is 30.3 Å². The van der Waals surface area contributed by atoms with Gasteiger partial charge in [0.25, 0.3) is 5.91 Å². The smallest absolute Gasteiger partial charge is 0.256 e. The molecule has 0 bridgehead atoms. The summed E-state index contributed by atoms with van der Waals surface area (Å²) in [4.78, 5) is 13.6. The van der Waals surface area contributed by atoms with Crippen molar-refractivity contribution in [2.45, 2.75) is 26.3 Å². The molecule has 24 heavy (non-hydrogen) atoms. The SMILES string of the molecule is COc1ccc(COc2cccc3c2CN(C(C)O)C3=O)c(F)c1. The molecule has 0 aliphatic carbocycles. The summed E-state index contributed by atoms with van der Waals surface area (Å²) in [5.74, 6) is 0.305. The first kappa shape index (κ1) is 16.3. The number of methoxy groups -OCH3 is 1. The van der Waals surface area contributed by atoms with Crippen molar-refractivity contribution < 1.29 is 23.8 Å². The molecule has 0 aromatic heterocycles. The zero-order valence-electron chi connectivity index (χ0n) is 13.5. The van der Waals surface area contributed by atoms with Gasteiger partial charge >= 0.3 is 0 Å². The minimum absolute atomic E-state index is 0.0369. The topological polar surface area (TPSA) is 59.0 Å². The molecule has 0 fully saturated rings. The van der Waals surface area contributed by atoms with Gasteiger partial charge in [-0.25, -0.2) is 4.39 Å². The van der Waals surface area contributed by atoms with Gasteiger partial charge in [0.05, 0.1) is 13.7 Å². The molecule has 0 saturated heterocycles. The number of hydrogen-bond acceptors (Lipinski definition) is 4. The molecule has 126 valence electrons. The van der Waals surface area contributed by atoms with E-state index < -0.39 is 12.0 Å². The third kappa shape index (κ3) is 2.92. The van der Waals surface area contributed by atoms with Crippen LogP contribution in [-0.2, 0) is 13.2 Å². The molecule has 6 heteroatoms. The molecule has 1 amide bonds. The van der Waals surface area contributed by atoms with Crippen molar-refractivity contribution in [1.29, 1.82) is 0 Å². The molecule has 1 N–H and O–H groups in total. The van der Waals surface area contributed by atoms with E-state index in [2.05, 4.69) is 0 Å². The third-order valence-corrected chi connectivity index (χ3v) is 4.05. The Bertz CT molecular complexity index is 776. The van der Waals surface area contributed by atoms with Crippen LogP contribution >= 0.6 is 0 Å². The van der Waals surface area contributed by atoms with Crippen molar-refractivity contribution in [3.63, 3.8) is 0 Å². The number of fused-ring (bicyclic) bond motifs is 1. The van der Waals surface area contributed by atoms with Crippen LogP contribution in [0.3, 0.4) is 0 Å². The number of aliphatic hydroxyl groups is 1. The van der Waals surface area contributed by atoms with Gasteiger partial charge in [-0.15, -0.1) is 0 Å². The summed E-state index contributed by atoms with van der Waals surface area (Å²) >= 11 is 0. The molecule has 1 aliphatic heterocycles. The van der Waals surface area contributed by atoms with Gasteiger partial charge in [-0.05, 0) is 31.2 Å². The molecule has 0 radical (unpaired) electrons. The van der Waals surface area contributed by atoms with E-state index in [-0.39, 0.29) is 19.1 Å².